The van der Waals surface area contributed by atoms with E-state index < -0.39 is 0 Å². The summed E-state index contributed by atoms with van der Waals surface area (Å²) in [4.78, 5) is 13.7. The second-order valence-corrected chi connectivity index (χ2v) is 6.94. The number of amides is 1. The first-order valence-corrected chi connectivity index (χ1v) is 8.41. The number of carbonyl (C=O) groups is 1. The highest BCUT2D eigenvalue weighted by molar-refractivity contribution is 7.17. The summed E-state index contributed by atoms with van der Waals surface area (Å²) >= 11 is 1.38. The maximum absolute atomic E-state index is 13.0. The third-order valence-electron chi connectivity index (χ3n) is 4.42. The molecule has 1 heterocycles. The number of hydrazone groups is 1. The maximum atomic E-state index is 13.0. The van der Waals surface area contributed by atoms with E-state index in [0.29, 0.717) is 16.7 Å². The van der Waals surface area contributed by atoms with Crippen molar-refractivity contribution in [2.75, 3.05) is 0 Å². The molecule has 0 bridgehead atoms. The Morgan fingerprint density at radius 2 is 2.04 bits per heavy atom. The Labute approximate surface area is 137 Å². The summed E-state index contributed by atoms with van der Waals surface area (Å²) in [6.07, 6.45) is 6.41. The Hall–Kier alpha value is -2.27. The standard InChI is InChI=1S/C18H15FN2OS/c19-13-6-4-11(5-7-13)16-8-9-17(23-16)18(22)21-20-15-10-12-2-1-3-14(12)15/h1-2,4-9,12,14H,3,10H2,(H,21,22)/b20-15-/t12-,14+/m1/s1. The van der Waals surface area contributed by atoms with E-state index in [-0.39, 0.29) is 11.7 Å². The minimum atomic E-state index is -0.265. The van der Waals surface area contributed by atoms with E-state index in [2.05, 4.69) is 22.7 Å². The van der Waals surface area contributed by atoms with E-state index in [4.69, 9.17) is 0 Å². The number of nitrogens with zero attached hydrogens (tertiary/aromatic N) is 1. The van der Waals surface area contributed by atoms with E-state index in [1.807, 2.05) is 6.07 Å². The van der Waals surface area contributed by atoms with Gasteiger partial charge >= 0.3 is 0 Å². The van der Waals surface area contributed by atoms with Crippen LogP contribution >= 0.6 is 11.3 Å². The molecule has 23 heavy (non-hydrogen) atoms. The van der Waals surface area contributed by atoms with Crippen molar-refractivity contribution >= 4 is 23.0 Å². The van der Waals surface area contributed by atoms with Crippen molar-refractivity contribution < 1.29 is 9.18 Å². The van der Waals surface area contributed by atoms with Crippen LogP contribution in [-0.2, 0) is 0 Å². The minimum Gasteiger partial charge on any atom is -0.266 e. The second kappa shape index (κ2) is 5.74. The number of nitrogens with one attached hydrogen (secondary N) is 1. The average Bonchev–Trinajstić information content (AvgIpc) is 3.16. The first kappa shape index (κ1) is 14.3. The Morgan fingerprint density at radius 3 is 2.83 bits per heavy atom. The van der Waals surface area contributed by atoms with Gasteiger partial charge in [-0.05, 0) is 48.6 Å². The van der Waals surface area contributed by atoms with Gasteiger partial charge in [0.1, 0.15) is 5.82 Å². The first-order valence-electron chi connectivity index (χ1n) is 7.60. The third-order valence-corrected chi connectivity index (χ3v) is 5.56. The summed E-state index contributed by atoms with van der Waals surface area (Å²) in [5.41, 5.74) is 4.65. The SMILES string of the molecule is O=C(N/N=C1/C[C@H]2C=CC[C@H]12)c1ccc(-c2ccc(F)cc2)s1. The molecule has 0 radical (unpaired) electrons. The molecule has 2 aliphatic rings. The van der Waals surface area contributed by atoms with Crippen molar-refractivity contribution in [3.63, 3.8) is 0 Å². The van der Waals surface area contributed by atoms with Crippen LogP contribution in [0.1, 0.15) is 22.5 Å². The fraction of sp³-hybridized carbons (Fsp3) is 0.222. The summed E-state index contributed by atoms with van der Waals surface area (Å²) in [6.45, 7) is 0. The molecule has 0 unspecified atom stereocenters. The molecule has 3 nitrogen and oxygen atoms in total. The normalized spacial score (nSPS) is 23.6. The lowest BCUT2D eigenvalue weighted by Gasteiger charge is -2.31. The number of halogens is 1. The highest BCUT2D eigenvalue weighted by atomic mass is 32.1. The number of carbonyl (C=O) groups excluding carboxylic acids is 1. The Morgan fingerprint density at radius 1 is 1.22 bits per heavy atom. The van der Waals surface area contributed by atoms with Gasteiger partial charge in [0.05, 0.1) is 4.88 Å². The molecule has 1 N–H and O–H groups in total. The molecular formula is C18H15FN2OS. The molecule has 2 aliphatic carbocycles. The fourth-order valence-corrected chi connectivity index (χ4v) is 3.97. The van der Waals surface area contributed by atoms with Crippen molar-refractivity contribution in [2.24, 2.45) is 16.9 Å². The lowest BCUT2D eigenvalue weighted by Crippen LogP contribution is -2.35. The van der Waals surface area contributed by atoms with Gasteiger partial charge in [-0.25, -0.2) is 9.82 Å². The van der Waals surface area contributed by atoms with Crippen molar-refractivity contribution in [2.45, 2.75) is 12.8 Å². The number of allylic oxidation sites excluding steroid dienone is 2. The van der Waals surface area contributed by atoms with Crippen LogP contribution in [0, 0.1) is 17.7 Å². The third kappa shape index (κ3) is 2.72. The molecule has 2 atom stereocenters. The van der Waals surface area contributed by atoms with Gasteiger partial charge in [0.25, 0.3) is 5.91 Å². The van der Waals surface area contributed by atoms with Crippen molar-refractivity contribution in [1.29, 1.82) is 0 Å². The Kier molecular flexibility index (Phi) is 3.58. The molecule has 0 aliphatic heterocycles. The zero-order valence-electron chi connectivity index (χ0n) is 12.3. The molecule has 0 saturated heterocycles. The lowest BCUT2D eigenvalue weighted by molar-refractivity contribution is 0.0958. The monoisotopic (exact) mass is 326 g/mol. The molecule has 0 spiro atoms. The molecule has 116 valence electrons. The molecule has 1 aromatic heterocycles. The van der Waals surface area contributed by atoms with E-state index >= 15 is 0 Å². The van der Waals surface area contributed by atoms with Crippen LogP contribution in [0.15, 0.2) is 53.7 Å². The molecular weight excluding hydrogens is 311 g/mol. The van der Waals surface area contributed by atoms with Crippen LogP contribution in [0.5, 0.6) is 0 Å². The zero-order chi connectivity index (χ0) is 15.8. The summed E-state index contributed by atoms with van der Waals surface area (Å²) < 4.78 is 13.0. The average molecular weight is 326 g/mol. The van der Waals surface area contributed by atoms with Crippen LogP contribution in [0.4, 0.5) is 4.39 Å². The van der Waals surface area contributed by atoms with Gasteiger partial charge < -0.3 is 0 Å². The van der Waals surface area contributed by atoms with Gasteiger partial charge in [-0.1, -0.05) is 24.3 Å². The van der Waals surface area contributed by atoms with Gasteiger partial charge in [0.15, 0.2) is 0 Å². The molecule has 1 saturated carbocycles. The highest BCUT2D eigenvalue weighted by Gasteiger charge is 2.38. The van der Waals surface area contributed by atoms with E-state index in [1.54, 1.807) is 18.2 Å². The van der Waals surface area contributed by atoms with Crippen LogP contribution in [0.2, 0.25) is 0 Å². The molecule has 5 heteroatoms. The predicted octanol–water partition coefficient (Wildman–Crippen LogP) is 4.24. The molecule has 1 amide bonds. The summed E-state index contributed by atoms with van der Waals surface area (Å²) in [6, 6.07) is 9.92. The molecule has 1 aromatic carbocycles. The first-order chi connectivity index (χ1) is 11.2. The molecule has 4 rings (SSSR count). The van der Waals surface area contributed by atoms with Gasteiger partial charge in [0.2, 0.25) is 0 Å². The second-order valence-electron chi connectivity index (χ2n) is 5.85. The van der Waals surface area contributed by atoms with E-state index in [9.17, 15) is 9.18 Å². The van der Waals surface area contributed by atoms with Crippen LogP contribution in [0.25, 0.3) is 10.4 Å². The number of rotatable bonds is 3. The number of hydrogen-bond acceptors (Lipinski definition) is 3. The number of fused-ring (bicyclic) bond motifs is 1. The Bertz CT molecular complexity index is 807. The summed E-state index contributed by atoms with van der Waals surface area (Å²) in [5.74, 6) is 0.662. The summed E-state index contributed by atoms with van der Waals surface area (Å²) in [7, 11) is 0. The van der Waals surface area contributed by atoms with E-state index in [0.717, 1.165) is 29.0 Å². The quantitative estimate of drug-likeness (QED) is 0.665. The van der Waals surface area contributed by atoms with Gasteiger partial charge in [-0.2, -0.15) is 5.10 Å². The number of hydrogen-bond donors (Lipinski definition) is 1. The van der Waals surface area contributed by atoms with Crippen molar-refractivity contribution in [3.8, 4) is 10.4 Å². The van der Waals surface area contributed by atoms with Crippen molar-refractivity contribution in [3.05, 3.63) is 59.2 Å². The largest absolute Gasteiger partial charge is 0.281 e. The number of benzene rings is 1. The van der Waals surface area contributed by atoms with Crippen molar-refractivity contribution in [1.82, 2.24) is 5.43 Å². The van der Waals surface area contributed by atoms with Gasteiger partial charge in [-0.3, -0.25) is 4.79 Å². The predicted molar refractivity (Wildman–Crippen MR) is 90.0 cm³/mol. The molecule has 1 fully saturated rings. The van der Waals surface area contributed by atoms with Gasteiger partial charge in [0, 0.05) is 16.5 Å². The zero-order valence-corrected chi connectivity index (χ0v) is 13.1. The Balaban J connectivity index is 1.43. The number of thiophene rings is 1. The van der Waals surface area contributed by atoms with Crippen LogP contribution < -0.4 is 5.43 Å². The molecule has 2 aromatic rings. The van der Waals surface area contributed by atoms with Gasteiger partial charge in [-0.15, -0.1) is 11.3 Å². The topological polar surface area (TPSA) is 41.5 Å². The lowest BCUT2D eigenvalue weighted by atomic mass is 9.74. The summed E-state index contributed by atoms with van der Waals surface area (Å²) in [5, 5.41) is 4.28. The van der Waals surface area contributed by atoms with Crippen LogP contribution in [0.3, 0.4) is 0 Å². The smallest absolute Gasteiger partial charge is 0.266 e. The maximum Gasteiger partial charge on any atom is 0.281 e. The highest BCUT2D eigenvalue weighted by Crippen LogP contribution is 2.40. The minimum absolute atomic E-state index is 0.190. The van der Waals surface area contributed by atoms with Crippen LogP contribution in [-0.4, -0.2) is 11.6 Å². The fourth-order valence-electron chi connectivity index (χ4n) is 3.07. The van der Waals surface area contributed by atoms with E-state index in [1.165, 1.54) is 23.5 Å².